The van der Waals surface area contributed by atoms with Crippen LogP contribution in [0, 0.1) is 27.7 Å². The van der Waals surface area contributed by atoms with E-state index in [0.29, 0.717) is 34.9 Å². The molecule has 10 aromatic carbocycles. The van der Waals surface area contributed by atoms with Gasteiger partial charge in [0.25, 0.3) is 0 Å². The third-order valence-corrected chi connectivity index (χ3v) is 23.1. The number of rotatable bonds is 12. The summed E-state index contributed by atoms with van der Waals surface area (Å²) >= 11 is 3.37. The van der Waals surface area contributed by atoms with Crippen molar-refractivity contribution >= 4 is 28.5 Å². The lowest BCUT2D eigenvalue weighted by molar-refractivity contribution is 0.00578. The minimum Gasteiger partial charge on any atom is -0.399 e. The van der Waals surface area contributed by atoms with Gasteiger partial charge in [0.05, 0.1) is 16.9 Å². The Morgan fingerprint density at radius 2 is 0.580 bits per heavy atom. The Labute approximate surface area is 715 Å². The van der Waals surface area contributed by atoms with E-state index in [1.807, 2.05) is 106 Å². The van der Waals surface area contributed by atoms with E-state index < -0.39 is 18.3 Å². The first kappa shape index (κ1) is 85.8. The van der Waals surface area contributed by atoms with Crippen molar-refractivity contribution in [1.82, 2.24) is 39.9 Å². The van der Waals surface area contributed by atoms with Crippen molar-refractivity contribution in [3.05, 3.63) is 316 Å². The molecular formula is C106H112BBrN8O3. The maximum absolute atomic E-state index is 6.66. The zero-order valence-electron chi connectivity index (χ0n) is 73.0. The molecular weight excluding hydrogens is 1520 g/mol. The van der Waals surface area contributed by atoms with E-state index in [1.54, 1.807) is 0 Å². The average Bonchev–Trinajstić information content (AvgIpc) is 1.68. The minimum atomic E-state index is -0.569. The predicted octanol–water partition coefficient (Wildman–Crippen LogP) is 26.8. The van der Waals surface area contributed by atoms with Crippen LogP contribution in [0.3, 0.4) is 0 Å². The summed E-state index contributed by atoms with van der Waals surface area (Å²) in [6, 6.07) is 93.4. The number of benzene rings is 10. The molecule has 16 rings (SSSR count). The van der Waals surface area contributed by atoms with Crippen LogP contribution in [0.1, 0.15) is 169 Å². The molecule has 2 saturated heterocycles. The molecule has 119 heavy (non-hydrogen) atoms. The van der Waals surface area contributed by atoms with Crippen LogP contribution in [0.15, 0.2) is 271 Å². The third kappa shape index (κ3) is 21.0. The summed E-state index contributed by atoms with van der Waals surface area (Å²) in [7, 11) is -0.569. The van der Waals surface area contributed by atoms with Gasteiger partial charge in [-0.05, 0) is 226 Å². The molecule has 0 atom stereocenters. The van der Waals surface area contributed by atoms with Gasteiger partial charge >= 0.3 is 7.12 Å². The summed E-state index contributed by atoms with van der Waals surface area (Å²) in [4.78, 5) is 40.2. The first-order valence-corrected chi connectivity index (χ1v) is 42.4. The van der Waals surface area contributed by atoms with Crippen molar-refractivity contribution in [3.63, 3.8) is 0 Å². The second-order valence-electron chi connectivity index (χ2n) is 36.4. The molecule has 2 fully saturated rings. The highest BCUT2D eigenvalue weighted by Crippen LogP contribution is 2.43. The maximum Gasteiger partial charge on any atom is 0.494 e. The highest BCUT2D eigenvalue weighted by Gasteiger charge is 2.52. The molecule has 0 spiro atoms. The maximum atomic E-state index is 6.66. The molecule has 0 bridgehead atoms. The van der Waals surface area contributed by atoms with Crippen LogP contribution >= 0.6 is 15.9 Å². The summed E-state index contributed by atoms with van der Waals surface area (Å²) in [5, 5.41) is 0. The predicted molar refractivity (Wildman–Crippen MR) is 499 cm³/mol. The lowest BCUT2D eigenvalue weighted by atomic mass is 9.75. The lowest BCUT2D eigenvalue weighted by Gasteiger charge is -2.32. The van der Waals surface area contributed by atoms with Gasteiger partial charge in [0.15, 0.2) is 34.9 Å². The summed E-state index contributed by atoms with van der Waals surface area (Å²) in [5.74, 6) is 3.69. The van der Waals surface area contributed by atoms with Crippen LogP contribution in [-0.2, 0) is 35.7 Å². The van der Waals surface area contributed by atoms with E-state index in [2.05, 4.69) is 321 Å². The fourth-order valence-corrected chi connectivity index (χ4v) is 14.6. The number of nitrogens with zero attached hydrogens (tertiary/aromatic N) is 8. The van der Waals surface area contributed by atoms with Crippen LogP contribution in [-0.4, -0.2) is 71.4 Å². The Kier molecular flexibility index (Phi) is 25.9. The average molecular weight is 1640 g/mol. The molecule has 4 aromatic heterocycles. The molecule has 0 unspecified atom stereocenters. The molecule has 0 aliphatic carbocycles. The number of hydrogen-bond acceptors (Lipinski definition) is 11. The highest BCUT2D eigenvalue weighted by molar-refractivity contribution is 9.10. The van der Waals surface area contributed by atoms with Gasteiger partial charge in [0.1, 0.15) is 0 Å². The molecule has 0 radical (unpaired) electrons. The van der Waals surface area contributed by atoms with E-state index in [-0.39, 0.29) is 21.7 Å². The van der Waals surface area contributed by atoms with E-state index in [0.717, 1.165) is 129 Å². The van der Waals surface area contributed by atoms with E-state index >= 15 is 0 Å². The number of aromatic nitrogens is 8. The van der Waals surface area contributed by atoms with Crippen LogP contribution in [0.25, 0.3) is 124 Å². The standard InChI is InChI=1S/C48H46N4.C47H50BN3O2.C7H8BrN.C4H8O/c1-31-23-24-41(32(2)49-31)37-25-35(36-28-39(47(3,4)5)30-40(29-36)48(6,7)8)26-38(27-37)45-50-44(34-19-13-10-14-20-34)51-46(52-45)43-22-16-15-21-42(43)33-17-11-9-12-18-33;1-44(2,3)36-26-34(27-37(30-36)45(4,5)6)33-25-35(29-38(28-33)48-52-46(7,8)47(9,10)53-48)42-49-41(32-21-15-12-16-22-32)50-43(51-42)40-24-18-17-23-39(40)31-19-13-11-14-20-31;1-5-3-4-7(8)6(2)9-5;1-2-4-5-3-1/h9-30H,1-8H3;11-30H,1-10H3;3-4H,1-2H3;1-4H2. The molecule has 0 saturated carbocycles. The molecule has 6 heterocycles. The Morgan fingerprint density at radius 3 is 0.941 bits per heavy atom. The van der Waals surface area contributed by atoms with Crippen molar-refractivity contribution in [3.8, 4) is 124 Å². The first-order chi connectivity index (χ1) is 56.5. The molecule has 0 N–H and O–H groups in total. The SMILES string of the molecule is C1CCOC1.CC(C)(C)c1cc(-c2cc(B3OC(C)(C)C(C)(C)O3)cc(-c3nc(-c4ccccc4)nc(-c4ccccc4-c4ccccc4)n3)c2)cc(C(C)(C)C)c1.Cc1ccc(-c2cc(-c3cc(C(C)(C)C)cc(C(C)(C)C)c3)cc(-c3nc(-c4ccccc4)nc(-c4ccccc4-c4ccccc4)n3)c2)c(C)n1.Cc1ccc(Br)c(C)n1. The van der Waals surface area contributed by atoms with Gasteiger partial charge in [-0.2, -0.15) is 0 Å². The Hall–Kier alpha value is -11.1. The summed E-state index contributed by atoms with van der Waals surface area (Å²) in [6.45, 7) is 45.8. The molecule has 604 valence electrons. The Bertz CT molecular complexity index is 5810. The molecule has 0 amide bonds. The topological polar surface area (TPSA) is 131 Å². The summed E-state index contributed by atoms with van der Waals surface area (Å²) < 4.78 is 19.3. The molecule has 14 aromatic rings. The lowest BCUT2D eigenvalue weighted by Crippen LogP contribution is -2.41. The Balaban J connectivity index is 0.000000176. The Morgan fingerprint density at radius 1 is 0.277 bits per heavy atom. The number of hydrogen-bond donors (Lipinski definition) is 0. The van der Waals surface area contributed by atoms with E-state index in [9.17, 15) is 0 Å². The van der Waals surface area contributed by atoms with Gasteiger partial charge in [-0.3, -0.25) is 9.97 Å². The quantitative estimate of drug-likeness (QED) is 0.108. The number of halogens is 1. The largest absolute Gasteiger partial charge is 0.494 e. The van der Waals surface area contributed by atoms with Crippen molar-refractivity contribution in [2.45, 2.75) is 184 Å². The van der Waals surface area contributed by atoms with Crippen LogP contribution in [0.5, 0.6) is 0 Å². The number of ether oxygens (including phenoxy) is 1. The zero-order valence-corrected chi connectivity index (χ0v) is 74.6. The molecule has 11 nitrogen and oxygen atoms in total. The second kappa shape index (κ2) is 35.9. The van der Waals surface area contributed by atoms with Crippen LogP contribution < -0.4 is 5.46 Å². The zero-order chi connectivity index (χ0) is 84.8. The van der Waals surface area contributed by atoms with Crippen molar-refractivity contribution in [2.24, 2.45) is 0 Å². The molecule has 2 aliphatic heterocycles. The fraction of sp³-hybridized carbons (Fsp3) is 0.283. The first-order valence-electron chi connectivity index (χ1n) is 41.6. The van der Waals surface area contributed by atoms with Crippen molar-refractivity contribution < 1.29 is 14.0 Å². The smallest absolute Gasteiger partial charge is 0.399 e. The molecule has 13 heteroatoms. The van der Waals surface area contributed by atoms with Gasteiger partial charge in [-0.15, -0.1) is 0 Å². The number of aryl methyl sites for hydroxylation is 4. The van der Waals surface area contributed by atoms with E-state index in [1.165, 1.54) is 40.7 Å². The van der Waals surface area contributed by atoms with Gasteiger partial charge in [-0.25, -0.2) is 29.9 Å². The van der Waals surface area contributed by atoms with Gasteiger partial charge < -0.3 is 14.0 Å². The van der Waals surface area contributed by atoms with Gasteiger partial charge in [0, 0.05) is 73.7 Å². The minimum absolute atomic E-state index is 0.0201. The van der Waals surface area contributed by atoms with E-state index in [4.69, 9.17) is 48.9 Å². The third-order valence-electron chi connectivity index (χ3n) is 22.3. The van der Waals surface area contributed by atoms with Gasteiger partial charge in [0.2, 0.25) is 0 Å². The summed E-state index contributed by atoms with van der Waals surface area (Å²) in [6.07, 6.45) is 2.56. The molecule has 2 aliphatic rings. The van der Waals surface area contributed by atoms with Crippen LogP contribution in [0.2, 0.25) is 0 Å². The van der Waals surface area contributed by atoms with Crippen molar-refractivity contribution in [2.75, 3.05) is 13.2 Å². The van der Waals surface area contributed by atoms with Crippen molar-refractivity contribution in [1.29, 1.82) is 0 Å². The second-order valence-corrected chi connectivity index (χ2v) is 37.3. The number of pyridine rings is 2. The highest BCUT2D eigenvalue weighted by atomic mass is 79.9. The summed E-state index contributed by atoms with van der Waals surface area (Å²) in [5.41, 5.74) is 25.6. The van der Waals surface area contributed by atoms with Crippen LogP contribution in [0.4, 0.5) is 0 Å². The fourth-order valence-electron chi connectivity index (χ4n) is 14.4. The monoisotopic (exact) mass is 1630 g/mol. The normalized spacial score (nSPS) is 13.8. The van der Waals surface area contributed by atoms with Gasteiger partial charge in [-0.1, -0.05) is 308 Å².